The van der Waals surface area contributed by atoms with Crippen molar-refractivity contribution in [1.29, 1.82) is 0 Å². The largest absolute Gasteiger partial charge is 0.393 e. The molecule has 0 amide bonds. The molecule has 2 heteroatoms. The summed E-state index contributed by atoms with van der Waals surface area (Å²) in [6, 6.07) is 1.50. The summed E-state index contributed by atoms with van der Waals surface area (Å²) in [5, 5.41) is 9.62. The van der Waals surface area contributed by atoms with Gasteiger partial charge in [0.15, 0.2) is 0 Å². The van der Waals surface area contributed by atoms with Crippen LogP contribution >= 0.6 is 0 Å². The molecular formula is C10H17NO. The van der Waals surface area contributed by atoms with Gasteiger partial charge in [0.25, 0.3) is 0 Å². The van der Waals surface area contributed by atoms with E-state index in [1.807, 2.05) is 0 Å². The standard InChI is InChI=1S/C10H17NO/c12-9-5-8-4-7-2-1-3-11(8)10(7)6-9/h7-10,12H,1-6H2/t7-,8+,9-,10+/m0/s1. The first-order valence-corrected chi connectivity index (χ1v) is 5.28. The first kappa shape index (κ1) is 7.34. The van der Waals surface area contributed by atoms with Gasteiger partial charge in [-0.15, -0.1) is 0 Å². The molecule has 3 heterocycles. The Kier molecular flexibility index (Phi) is 1.50. The van der Waals surface area contributed by atoms with E-state index in [2.05, 4.69) is 4.90 Å². The molecule has 2 nitrogen and oxygen atoms in total. The third kappa shape index (κ3) is 0.882. The van der Waals surface area contributed by atoms with Crippen LogP contribution in [0, 0.1) is 5.92 Å². The fourth-order valence-corrected chi connectivity index (χ4v) is 3.63. The number of aliphatic hydroxyl groups excluding tert-OH is 1. The summed E-state index contributed by atoms with van der Waals surface area (Å²) in [7, 11) is 0. The summed E-state index contributed by atoms with van der Waals surface area (Å²) in [6.45, 7) is 1.30. The molecule has 4 bridgehead atoms. The summed E-state index contributed by atoms with van der Waals surface area (Å²) in [5.74, 6) is 0.931. The summed E-state index contributed by atoms with van der Waals surface area (Å²) in [4.78, 5) is 2.67. The molecule has 0 spiro atoms. The third-order valence-electron chi connectivity index (χ3n) is 4.06. The maximum atomic E-state index is 9.62. The molecule has 1 unspecified atom stereocenters. The average Bonchev–Trinajstić information content (AvgIpc) is 2.26. The van der Waals surface area contributed by atoms with Gasteiger partial charge in [0.2, 0.25) is 0 Å². The van der Waals surface area contributed by atoms with Gasteiger partial charge in [-0.2, -0.15) is 0 Å². The van der Waals surface area contributed by atoms with Crippen molar-refractivity contribution in [2.45, 2.75) is 50.3 Å². The van der Waals surface area contributed by atoms with Gasteiger partial charge in [0.05, 0.1) is 6.10 Å². The summed E-state index contributed by atoms with van der Waals surface area (Å²) in [6.07, 6.45) is 6.31. The monoisotopic (exact) mass is 167 g/mol. The van der Waals surface area contributed by atoms with E-state index in [4.69, 9.17) is 0 Å². The Balaban J connectivity index is 1.87. The lowest BCUT2D eigenvalue weighted by atomic mass is 9.89. The smallest absolute Gasteiger partial charge is 0.0570 e. The van der Waals surface area contributed by atoms with Gasteiger partial charge in [-0.05, 0) is 44.6 Å². The lowest BCUT2D eigenvalue weighted by molar-refractivity contribution is 0.0169. The van der Waals surface area contributed by atoms with Gasteiger partial charge in [0.1, 0.15) is 0 Å². The van der Waals surface area contributed by atoms with E-state index < -0.39 is 0 Å². The van der Waals surface area contributed by atoms with Gasteiger partial charge < -0.3 is 5.11 Å². The van der Waals surface area contributed by atoms with E-state index in [0.29, 0.717) is 0 Å². The lowest BCUT2D eigenvalue weighted by Crippen LogP contribution is -2.47. The van der Waals surface area contributed by atoms with Crippen LogP contribution in [0.3, 0.4) is 0 Å². The third-order valence-corrected chi connectivity index (χ3v) is 4.06. The van der Waals surface area contributed by atoms with Crippen LogP contribution in [-0.4, -0.2) is 34.7 Å². The van der Waals surface area contributed by atoms with Crippen molar-refractivity contribution in [3.05, 3.63) is 0 Å². The van der Waals surface area contributed by atoms with E-state index in [1.165, 1.54) is 25.8 Å². The Labute approximate surface area is 73.6 Å². The molecule has 3 aliphatic rings. The molecule has 68 valence electrons. The first-order valence-electron chi connectivity index (χ1n) is 5.28. The van der Waals surface area contributed by atoms with Crippen LogP contribution in [0.15, 0.2) is 0 Å². The van der Waals surface area contributed by atoms with Crippen molar-refractivity contribution in [3.63, 3.8) is 0 Å². The highest BCUT2D eigenvalue weighted by atomic mass is 16.3. The second kappa shape index (κ2) is 2.46. The second-order valence-electron chi connectivity index (χ2n) is 4.72. The number of rotatable bonds is 0. The van der Waals surface area contributed by atoms with E-state index in [9.17, 15) is 5.11 Å². The van der Waals surface area contributed by atoms with Crippen LogP contribution < -0.4 is 0 Å². The van der Waals surface area contributed by atoms with Crippen molar-refractivity contribution in [2.75, 3.05) is 6.54 Å². The fraction of sp³-hybridized carbons (Fsp3) is 1.00. The predicted octanol–water partition coefficient (Wildman–Crippen LogP) is 0.994. The van der Waals surface area contributed by atoms with Crippen LogP contribution in [-0.2, 0) is 0 Å². The van der Waals surface area contributed by atoms with Crippen molar-refractivity contribution in [3.8, 4) is 0 Å². The van der Waals surface area contributed by atoms with Gasteiger partial charge >= 0.3 is 0 Å². The van der Waals surface area contributed by atoms with Crippen LogP contribution in [0.5, 0.6) is 0 Å². The van der Waals surface area contributed by atoms with Crippen molar-refractivity contribution >= 4 is 0 Å². The molecule has 0 saturated carbocycles. The van der Waals surface area contributed by atoms with Gasteiger partial charge in [-0.25, -0.2) is 0 Å². The maximum Gasteiger partial charge on any atom is 0.0570 e. The molecule has 3 aliphatic heterocycles. The Morgan fingerprint density at radius 2 is 2.08 bits per heavy atom. The number of hydrogen-bond donors (Lipinski definition) is 1. The highest BCUT2D eigenvalue weighted by molar-refractivity contribution is 5.02. The highest BCUT2D eigenvalue weighted by Gasteiger charge is 2.47. The van der Waals surface area contributed by atoms with Gasteiger partial charge in [0, 0.05) is 12.1 Å². The average molecular weight is 167 g/mol. The molecule has 1 N–H and O–H groups in total. The SMILES string of the molecule is O[C@H]1C[C@H]2C[C@@H]3CCCN2[C@@H]3C1. The van der Waals surface area contributed by atoms with Crippen LogP contribution in [0.4, 0.5) is 0 Å². The first-order chi connectivity index (χ1) is 5.84. The molecule has 0 aliphatic carbocycles. The predicted molar refractivity (Wildman–Crippen MR) is 46.9 cm³/mol. The quantitative estimate of drug-likeness (QED) is 0.581. The van der Waals surface area contributed by atoms with Crippen LogP contribution in [0.1, 0.15) is 32.1 Å². The fourth-order valence-electron chi connectivity index (χ4n) is 3.63. The molecular weight excluding hydrogens is 150 g/mol. The van der Waals surface area contributed by atoms with Crippen molar-refractivity contribution < 1.29 is 5.11 Å². The number of aliphatic hydroxyl groups is 1. The van der Waals surface area contributed by atoms with E-state index in [0.717, 1.165) is 30.8 Å². The molecule has 0 radical (unpaired) electrons. The van der Waals surface area contributed by atoms with Crippen LogP contribution in [0.2, 0.25) is 0 Å². The Morgan fingerprint density at radius 1 is 1.17 bits per heavy atom. The summed E-state index contributed by atoms with van der Waals surface area (Å²) in [5.41, 5.74) is 0. The van der Waals surface area contributed by atoms with Crippen LogP contribution in [0.25, 0.3) is 0 Å². The highest BCUT2D eigenvalue weighted by Crippen LogP contribution is 2.44. The second-order valence-corrected chi connectivity index (χ2v) is 4.72. The molecule has 12 heavy (non-hydrogen) atoms. The normalized spacial score (nSPS) is 57.2. The Bertz CT molecular complexity index is 194. The van der Waals surface area contributed by atoms with E-state index in [1.54, 1.807) is 0 Å². The van der Waals surface area contributed by atoms with Crippen molar-refractivity contribution in [1.82, 2.24) is 4.90 Å². The zero-order chi connectivity index (χ0) is 8.13. The number of nitrogens with zero attached hydrogens (tertiary/aromatic N) is 1. The number of piperidine rings is 2. The lowest BCUT2D eigenvalue weighted by Gasteiger charge is -2.40. The number of hydrogen-bond acceptors (Lipinski definition) is 2. The molecule has 3 saturated heterocycles. The molecule has 5 atom stereocenters. The molecule has 0 aromatic rings. The van der Waals surface area contributed by atoms with Crippen molar-refractivity contribution in [2.24, 2.45) is 5.92 Å². The summed E-state index contributed by atoms with van der Waals surface area (Å²) < 4.78 is 0. The molecule has 3 rings (SSSR count). The minimum absolute atomic E-state index is 0.0133. The Morgan fingerprint density at radius 3 is 3.00 bits per heavy atom. The maximum absolute atomic E-state index is 9.62. The topological polar surface area (TPSA) is 23.5 Å². The molecule has 0 aromatic heterocycles. The van der Waals surface area contributed by atoms with E-state index in [-0.39, 0.29) is 6.10 Å². The Hall–Kier alpha value is -0.0800. The minimum atomic E-state index is 0.0133. The zero-order valence-electron chi connectivity index (χ0n) is 7.45. The van der Waals surface area contributed by atoms with E-state index >= 15 is 0 Å². The van der Waals surface area contributed by atoms with Gasteiger partial charge in [-0.1, -0.05) is 0 Å². The summed E-state index contributed by atoms with van der Waals surface area (Å²) >= 11 is 0. The molecule has 3 fully saturated rings. The van der Waals surface area contributed by atoms with Gasteiger partial charge in [-0.3, -0.25) is 4.90 Å². The molecule has 0 aromatic carbocycles. The zero-order valence-corrected chi connectivity index (χ0v) is 7.45. The minimum Gasteiger partial charge on any atom is -0.393 e.